The number of halogens is 3. The Labute approximate surface area is 162 Å². The smallest absolute Gasteiger partial charge is 0.375 e. The Bertz CT molecular complexity index is 910. The highest BCUT2D eigenvalue weighted by Gasteiger charge is 2.32. The van der Waals surface area contributed by atoms with Crippen molar-refractivity contribution in [1.29, 1.82) is 0 Å². The van der Waals surface area contributed by atoms with Crippen molar-refractivity contribution in [2.24, 2.45) is 0 Å². The van der Waals surface area contributed by atoms with Crippen LogP contribution in [0.4, 0.5) is 13.2 Å². The summed E-state index contributed by atoms with van der Waals surface area (Å²) >= 11 is 0. The van der Waals surface area contributed by atoms with Gasteiger partial charge in [-0.3, -0.25) is 0 Å². The van der Waals surface area contributed by atoms with Crippen LogP contribution in [0, 0.1) is 0 Å². The molecule has 4 nitrogen and oxygen atoms in total. The van der Waals surface area contributed by atoms with Crippen LogP contribution in [0.2, 0.25) is 0 Å². The third-order valence-corrected chi connectivity index (χ3v) is 6.14. The lowest BCUT2D eigenvalue weighted by Gasteiger charge is -2.31. The lowest BCUT2D eigenvalue weighted by Crippen LogP contribution is -2.44. The monoisotopic (exact) mass is 411 g/mol. The van der Waals surface area contributed by atoms with E-state index in [-0.39, 0.29) is 18.9 Å². The maximum Gasteiger partial charge on any atom is 0.416 e. The molecule has 2 aromatic carbocycles. The van der Waals surface area contributed by atoms with Crippen LogP contribution >= 0.6 is 0 Å². The number of hydrogen-bond donors (Lipinski definition) is 0. The van der Waals surface area contributed by atoms with Crippen molar-refractivity contribution in [2.75, 3.05) is 12.4 Å². The van der Waals surface area contributed by atoms with Gasteiger partial charge in [0, 0.05) is 6.54 Å². The van der Waals surface area contributed by atoms with E-state index in [9.17, 15) is 21.6 Å². The molecule has 1 aliphatic heterocycles. The van der Waals surface area contributed by atoms with Crippen LogP contribution in [0.3, 0.4) is 0 Å². The number of alkyl halides is 3. The van der Waals surface area contributed by atoms with E-state index in [0.717, 1.165) is 17.7 Å². The Balaban J connectivity index is 1.69. The van der Waals surface area contributed by atoms with E-state index < -0.39 is 27.8 Å². The van der Waals surface area contributed by atoms with E-state index in [0.29, 0.717) is 12.2 Å². The van der Waals surface area contributed by atoms with E-state index in [1.54, 1.807) is 12.2 Å². The van der Waals surface area contributed by atoms with Gasteiger partial charge in [0.1, 0.15) is 0 Å². The summed E-state index contributed by atoms with van der Waals surface area (Å²) in [6.07, 6.45) is -1.09. The van der Waals surface area contributed by atoms with Crippen LogP contribution in [0.1, 0.15) is 16.7 Å². The Hall–Kier alpha value is -2.16. The van der Waals surface area contributed by atoms with Gasteiger partial charge < -0.3 is 4.74 Å². The third kappa shape index (κ3) is 5.21. The first-order valence-corrected chi connectivity index (χ1v) is 10.3. The molecule has 1 atom stereocenters. The minimum absolute atomic E-state index is 0.00975. The molecule has 0 saturated carbocycles. The van der Waals surface area contributed by atoms with Crippen molar-refractivity contribution in [3.8, 4) is 0 Å². The lowest BCUT2D eigenvalue weighted by atomic mass is 10.1. The summed E-state index contributed by atoms with van der Waals surface area (Å²) in [6, 6.07) is 13.5. The highest BCUT2D eigenvalue weighted by molar-refractivity contribution is 7.89. The molecule has 0 fully saturated rings. The molecule has 0 aliphatic carbocycles. The standard InChI is InChI=1S/C20H20F3NO3S/c21-20(22,23)18-10-8-16(9-11-18)13-24-19(7-4-12-28(24,25)26)15-27-14-17-5-2-1-3-6-17/h1-11,19H,12-15H2/t19-/m0/s1. The van der Waals surface area contributed by atoms with Gasteiger partial charge in [0.05, 0.1) is 30.6 Å². The number of nitrogens with zero attached hydrogens (tertiary/aromatic N) is 1. The van der Waals surface area contributed by atoms with Crippen LogP contribution in [0.25, 0.3) is 0 Å². The van der Waals surface area contributed by atoms with E-state index in [2.05, 4.69) is 0 Å². The quantitative estimate of drug-likeness (QED) is 0.676. The Morgan fingerprint density at radius 2 is 1.68 bits per heavy atom. The van der Waals surface area contributed by atoms with Crippen LogP contribution in [0.15, 0.2) is 66.7 Å². The maximum absolute atomic E-state index is 12.7. The fourth-order valence-corrected chi connectivity index (χ4v) is 4.37. The van der Waals surface area contributed by atoms with Gasteiger partial charge in [-0.15, -0.1) is 0 Å². The fourth-order valence-electron chi connectivity index (χ4n) is 2.94. The normalized spacial score (nSPS) is 19.6. The minimum Gasteiger partial charge on any atom is -0.375 e. The molecule has 28 heavy (non-hydrogen) atoms. The number of benzene rings is 2. The number of ether oxygens (including phenoxy) is 1. The number of sulfonamides is 1. The molecule has 1 aliphatic rings. The first-order chi connectivity index (χ1) is 13.3. The Kier molecular flexibility index (Phi) is 6.22. The molecule has 0 saturated heterocycles. The molecule has 0 aromatic heterocycles. The van der Waals surface area contributed by atoms with Gasteiger partial charge in [0.2, 0.25) is 10.0 Å². The van der Waals surface area contributed by atoms with Crippen molar-refractivity contribution in [1.82, 2.24) is 4.31 Å². The second kappa shape index (κ2) is 8.46. The van der Waals surface area contributed by atoms with E-state index in [1.165, 1.54) is 16.4 Å². The summed E-state index contributed by atoms with van der Waals surface area (Å²) < 4.78 is 70.1. The molecular formula is C20H20F3NO3S. The highest BCUT2D eigenvalue weighted by Crippen LogP contribution is 2.29. The molecule has 150 valence electrons. The summed E-state index contributed by atoms with van der Waals surface area (Å²) in [6.45, 7) is 0.495. The van der Waals surface area contributed by atoms with Gasteiger partial charge in [0.25, 0.3) is 0 Å². The van der Waals surface area contributed by atoms with Gasteiger partial charge in [-0.1, -0.05) is 54.6 Å². The second-order valence-electron chi connectivity index (χ2n) is 6.51. The Morgan fingerprint density at radius 3 is 2.32 bits per heavy atom. The molecule has 0 bridgehead atoms. The van der Waals surface area contributed by atoms with Gasteiger partial charge in [0.15, 0.2) is 0 Å². The van der Waals surface area contributed by atoms with Crippen LogP contribution < -0.4 is 0 Å². The SMILES string of the molecule is O=S1(=O)CC=C[C@@H](COCc2ccccc2)N1Cc1ccc(C(F)(F)F)cc1. The van der Waals surface area contributed by atoms with Crippen molar-refractivity contribution in [2.45, 2.75) is 25.4 Å². The van der Waals surface area contributed by atoms with Gasteiger partial charge in [-0.05, 0) is 23.3 Å². The summed E-state index contributed by atoms with van der Waals surface area (Å²) in [7, 11) is -3.56. The van der Waals surface area contributed by atoms with E-state index >= 15 is 0 Å². The summed E-state index contributed by atoms with van der Waals surface area (Å²) in [4.78, 5) is 0. The molecule has 3 rings (SSSR count). The molecule has 0 amide bonds. The van der Waals surface area contributed by atoms with Crippen LogP contribution in [-0.4, -0.2) is 31.1 Å². The molecule has 0 N–H and O–H groups in total. The summed E-state index contributed by atoms with van der Waals surface area (Å²) in [5.41, 5.74) is 0.694. The van der Waals surface area contributed by atoms with Crippen molar-refractivity contribution in [3.05, 3.63) is 83.4 Å². The average molecular weight is 411 g/mol. The molecule has 1 heterocycles. The molecule has 0 unspecified atom stereocenters. The first kappa shape index (κ1) is 20.6. The third-order valence-electron chi connectivity index (χ3n) is 4.41. The van der Waals surface area contributed by atoms with E-state index in [4.69, 9.17) is 4.74 Å². The second-order valence-corrected chi connectivity index (χ2v) is 8.48. The van der Waals surface area contributed by atoms with Crippen LogP contribution in [0.5, 0.6) is 0 Å². The zero-order valence-corrected chi connectivity index (χ0v) is 15.8. The number of rotatable bonds is 6. The first-order valence-electron chi connectivity index (χ1n) is 8.70. The molecule has 0 radical (unpaired) electrons. The molecule has 8 heteroatoms. The zero-order chi connectivity index (χ0) is 20.2. The number of hydrogen-bond acceptors (Lipinski definition) is 3. The molecule has 2 aromatic rings. The predicted molar refractivity (Wildman–Crippen MR) is 99.8 cm³/mol. The van der Waals surface area contributed by atoms with Gasteiger partial charge in [-0.2, -0.15) is 17.5 Å². The predicted octanol–water partition coefficient (Wildman–Crippen LogP) is 3.99. The molecule has 0 spiro atoms. The average Bonchev–Trinajstić information content (AvgIpc) is 2.65. The fraction of sp³-hybridized carbons (Fsp3) is 0.300. The topological polar surface area (TPSA) is 46.6 Å². The zero-order valence-electron chi connectivity index (χ0n) is 15.0. The lowest BCUT2D eigenvalue weighted by molar-refractivity contribution is -0.137. The largest absolute Gasteiger partial charge is 0.416 e. The van der Waals surface area contributed by atoms with Crippen molar-refractivity contribution in [3.63, 3.8) is 0 Å². The maximum atomic E-state index is 12.7. The van der Waals surface area contributed by atoms with Gasteiger partial charge in [-0.25, -0.2) is 8.42 Å². The van der Waals surface area contributed by atoms with Crippen molar-refractivity contribution >= 4 is 10.0 Å². The van der Waals surface area contributed by atoms with E-state index in [1.807, 2.05) is 30.3 Å². The highest BCUT2D eigenvalue weighted by atomic mass is 32.2. The van der Waals surface area contributed by atoms with Gasteiger partial charge >= 0.3 is 6.18 Å². The Morgan fingerprint density at radius 1 is 1.00 bits per heavy atom. The van der Waals surface area contributed by atoms with Crippen LogP contribution in [-0.2, 0) is 34.1 Å². The summed E-state index contributed by atoms with van der Waals surface area (Å²) in [5, 5.41) is 0. The minimum atomic E-state index is -4.42. The molecular weight excluding hydrogens is 391 g/mol. The summed E-state index contributed by atoms with van der Waals surface area (Å²) in [5.74, 6) is -0.136. The van der Waals surface area contributed by atoms with Crippen molar-refractivity contribution < 1.29 is 26.3 Å².